The van der Waals surface area contributed by atoms with E-state index in [1.807, 2.05) is 30.3 Å². The fourth-order valence-electron chi connectivity index (χ4n) is 3.13. The summed E-state index contributed by atoms with van der Waals surface area (Å²) in [7, 11) is 0. The lowest BCUT2D eigenvalue weighted by molar-refractivity contribution is 0.0889. The average molecular weight is 370 g/mol. The second kappa shape index (κ2) is 6.59. The number of hydrogen-bond acceptors (Lipinski definition) is 5. The van der Waals surface area contributed by atoms with Gasteiger partial charge in [-0.3, -0.25) is 9.69 Å². The molecule has 0 aliphatic carbocycles. The van der Waals surface area contributed by atoms with Crippen LogP contribution in [0.4, 0.5) is 0 Å². The molecule has 0 saturated heterocycles. The van der Waals surface area contributed by atoms with Gasteiger partial charge in [0.05, 0.1) is 5.56 Å². The highest BCUT2D eigenvalue weighted by Gasteiger charge is 2.22. The zero-order valence-corrected chi connectivity index (χ0v) is 14.9. The van der Waals surface area contributed by atoms with Crippen molar-refractivity contribution < 1.29 is 13.9 Å². The number of hydrogen-bond donors (Lipinski definition) is 0. The summed E-state index contributed by atoms with van der Waals surface area (Å²) in [6, 6.07) is 12.9. The van der Waals surface area contributed by atoms with Gasteiger partial charge in [0.2, 0.25) is 0 Å². The lowest BCUT2D eigenvalue weighted by Gasteiger charge is -2.29. The monoisotopic (exact) mass is 369 g/mol. The second-order valence-electron chi connectivity index (χ2n) is 6.35. The number of carbonyl (C=O) groups is 1. The van der Waals surface area contributed by atoms with Crippen LogP contribution in [0.2, 0.25) is 5.02 Å². The molecular formula is C20H16ClNO4. The predicted molar refractivity (Wildman–Crippen MR) is 98.7 cm³/mol. The van der Waals surface area contributed by atoms with E-state index in [0.717, 1.165) is 11.1 Å². The second-order valence-corrected chi connectivity index (χ2v) is 6.79. The highest BCUT2D eigenvalue weighted by Crippen LogP contribution is 2.32. The van der Waals surface area contributed by atoms with Gasteiger partial charge < -0.3 is 9.15 Å². The molecule has 4 rings (SSSR count). The van der Waals surface area contributed by atoms with Crippen LogP contribution in [0.5, 0.6) is 5.75 Å². The Morgan fingerprint density at radius 3 is 2.69 bits per heavy atom. The van der Waals surface area contributed by atoms with E-state index in [9.17, 15) is 9.59 Å². The molecule has 0 amide bonds. The van der Waals surface area contributed by atoms with Crippen LogP contribution in [0.1, 0.15) is 28.4 Å². The lowest BCUT2D eigenvalue weighted by Crippen LogP contribution is -2.31. The number of Topliss-reactive ketones (excluding diaryl/α,β-unsaturated/α-hetero) is 1. The Labute approximate surface area is 154 Å². The van der Waals surface area contributed by atoms with Gasteiger partial charge >= 0.3 is 5.63 Å². The topological polar surface area (TPSA) is 59.8 Å². The summed E-state index contributed by atoms with van der Waals surface area (Å²) < 4.78 is 11.3. The molecule has 0 saturated carbocycles. The number of carbonyl (C=O) groups excluding carboxylic acids is 1. The van der Waals surface area contributed by atoms with E-state index < -0.39 is 5.63 Å². The van der Waals surface area contributed by atoms with E-state index >= 15 is 0 Å². The Bertz CT molecular complexity index is 1060. The third-order valence-corrected chi connectivity index (χ3v) is 4.70. The van der Waals surface area contributed by atoms with Crippen LogP contribution >= 0.6 is 11.6 Å². The maximum absolute atomic E-state index is 12.1. The lowest BCUT2D eigenvalue weighted by atomic mass is 10.1. The maximum atomic E-state index is 12.1. The molecule has 2 aromatic carbocycles. The van der Waals surface area contributed by atoms with Crippen LogP contribution in [0.3, 0.4) is 0 Å². The molecule has 132 valence electrons. The normalized spacial score (nSPS) is 14.1. The molecule has 1 aliphatic heterocycles. The summed E-state index contributed by atoms with van der Waals surface area (Å²) in [5.74, 6) is 0.391. The van der Waals surface area contributed by atoms with Gasteiger partial charge in [0, 0.05) is 23.5 Å². The van der Waals surface area contributed by atoms with Gasteiger partial charge in [-0.05, 0) is 42.8 Å². The Morgan fingerprint density at radius 1 is 1.19 bits per heavy atom. The number of halogens is 1. The van der Waals surface area contributed by atoms with Crippen molar-refractivity contribution in [2.45, 2.75) is 20.0 Å². The first kappa shape index (κ1) is 16.8. The van der Waals surface area contributed by atoms with E-state index in [1.165, 1.54) is 6.92 Å². The molecule has 0 bridgehead atoms. The number of rotatable bonds is 3. The standard InChI is InChI=1S/C20H16ClNO4/c1-12(23)16-8-14-4-7-18-17(19(14)26-20(16)24)10-22(11-25-18)9-13-2-5-15(21)6-3-13/h2-8H,9-11H2,1H3. The molecule has 0 radical (unpaired) electrons. The number of fused-ring (bicyclic) bond motifs is 3. The fraction of sp³-hybridized carbons (Fsp3) is 0.200. The molecule has 26 heavy (non-hydrogen) atoms. The van der Waals surface area contributed by atoms with Crippen LogP contribution in [0.15, 0.2) is 51.7 Å². The van der Waals surface area contributed by atoms with Crippen molar-refractivity contribution in [3.05, 3.63) is 74.6 Å². The number of benzene rings is 2. The summed E-state index contributed by atoms with van der Waals surface area (Å²) in [5.41, 5.74) is 1.84. The van der Waals surface area contributed by atoms with Crippen molar-refractivity contribution in [3.63, 3.8) is 0 Å². The van der Waals surface area contributed by atoms with Crippen LogP contribution in [-0.2, 0) is 13.1 Å². The van der Waals surface area contributed by atoms with E-state index in [4.69, 9.17) is 20.8 Å². The predicted octanol–water partition coefficient (Wildman–Crippen LogP) is 4.00. The minimum atomic E-state index is -0.617. The first-order chi connectivity index (χ1) is 12.5. The van der Waals surface area contributed by atoms with Crippen LogP contribution < -0.4 is 10.4 Å². The van der Waals surface area contributed by atoms with E-state index in [2.05, 4.69) is 4.90 Å². The molecule has 6 heteroatoms. The Hall–Kier alpha value is -2.63. The third-order valence-electron chi connectivity index (χ3n) is 4.45. The minimum absolute atomic E-state index is 0.0622. The van der Waals surface area contributed by atoms with Gasteiger partial charge in [-0.15, -0.1) is 0 Å². The van der Waals surface area contributed by atoms with Crippen molar-refractivity contribution in [2.24, 2.45) is 0 Å². The molecule has 0 N–H and O–H groups in total. The Morgan fingerprint density at radius 2 is 1.96 bits per heavy atom. The van der Waals surface area contributed by atoms with Crippen molar-refractivity contribution in [1.82, 2.24) is 4.90 Å². The quantitative estimate of drug-likeness (QED) is 0.516. The zero-order chi connectivity index (χ0) is 18.3. The first-order valence-electron chi connectivity index (χ1n) is 8.21. The highest BCUT2D eigenvalue weighted by atomic mass is 35.5. The SMILES string of the molecule is CC(=O)c1cc2ccc3c(c2oc1=O)CN(Cc1ccc(Cl)cc1)CO3. The summed E-state index contributed by atoms with van der Waals surface area (Å²) >= 11 is 5.93. The third kappa shape index (κ3) is 3.11. The Kier molecular flexibility index (Phi) is 4.26. The van der Waals surface area contributed by atoms with Gasteiger partial charge in [0.1, 0.15) is 23.6 Å². The van der Waals surface area contributed by atoms with E-state index in [1.54, 1.807) is 12.1 Å². The molecule has 1 aromatic heterocycles. The smallest absolute Gasteiger partial charge is 0.347 e. The van der Waals surface area contributed by atoms with Gasteiger partial charge in [-0.2, -0.15) is 0 Å². The average Bonchev–Trinajstić information content (AvgIpc) is 2.63. The molecule has 0 atom stereocenters. The number of ketones is 1. The molecule has 2 heterocycles. The van der Waals surface area contributed by atoms with Gasteiger partial charge in [0.15, 0.2) is 5.78 Å². The van der Waals surface area contributed by atoms with Crippen LogP contribution in [-0.4, -0.2) is 17.4 Å². The van der Waals surface area contributed by atoms with Crippen molar-refractivity contribution in [3.8, 4) is 5.75 Å². The molecular weight excluding hydrogens is 354 g/mol. The summed E-state index contributed by atoms with van der Waals surface area (Å²) in [6.45, 7) is 3.06. The first-order valence-corrected chi connectivity index (χ1v) is 8.59. The van der Waals surface area contributed by atoms with Crippen molar-refractivity contribution in [2.75, 3.05) is 6.73 Å². The fourth-order valence-corrected chi connectivity index (χ4v) is 3.26. The molecule has 0 fully saturated rings. The Balaban J connectivity index is 1.69. The molecule has 5 nitrogen and oxygen atoms in total. The van der Waals surface area contributed by atoms with E-state index in [0.29, 0.717) is 41.6 Å². The molecule has 0 spiro atoms. The number of ether oxygens (including phenoxy) is 1. The van der Waals surface area contributed by atoms with Crippen LogP contribution in [0.25, 0.3) is 11.0 Å². The van der Waals surface area contributed by atoms with Crippen molar-refractivity contribution in [1.29, 1.82) is 0 Å². The largest absolute Gasteiger partial charge is 0.478 e. The number of nitrogens with zero attached hydrogens (tertiary/aromatic N) is 1. The molecule has 1 aliphatic rings. The molecule has 0 unspecified atom stereocenters. The van der Waals surface area contributed by atoms with Crippen molar-refractivity contribution >= 4 is 28.4 Å². The summed E-state index contributed by atoms with van der Waals surface area (Å²) in [5, 5.41) is 1.41. The molecule has 3 aromatic rings. The minimum Gasteiger partial charge on any atom is -0.478 e. The highest BCUT2D eigenvalue weighted by molar-refractivity contribution is 6.30. The van der Waals surface area contributed by atoms with Gasteiger partial charge in [0.25, 0.3) is 0 Å². The van der Waals surface area contributed by atoms with Crippen LogP contribution in [0, 0.1) is 0 Å². The summed E-state index contributed by atoms with van der Waals surface area (Å²) in [4.78, 5) is 25.8. The zero-order valence-electron chi connectivity index (χ0n) is 14.1. The van der Waals surface area contributed by atoms with E-state index in [-0.39, 0.29) is 11.3 Å². The maximum Gasteiger partial charge on any atom is 0.347 e. The summed E-state index contributed by atoms with van der Waals surface area (Å²) in [6.07, 6.45) is 0. The van der Waals surface area contributed by atoms with Gasteiger partial charge in [-0.25, -0.2) is 4.79 Å². The van der Waals surface area contributed by atoms with Gasteiger partial charge in [-0.1, -0.05) is 23.7 Å².